The summed E-state index contributed by atoms with van der Waals surface area (Å²) in [4.78, 5) is 35.5. The van der Waals surface area contributed by atoms with Crippen LogP contribution < -0.4 is 0 Å². The second-order valence-electron chi connectivity index (χ2n) is 5.38. The lowest BCUT2D eigenvalue weighted by Gasteiger charge is -2.41. The SMILES string of the molecule is CC1C(=C=O)C(c2ccccc2[N+](=O)[O-])C(=C=O)C(C)N1C. The fourth-order valence-corrected chi connectivity index (χ4v) is 2.95. The van der Waals surface area contributed by atoms with Crippen molar-refractivity contribution in [3.63, 3.8) is 0 Å². The predicted octanol–water partition coefficient (Wildman–Crippen LogP) is 1.92. The maximum absolute atomic E-state index is 11.4. The molecule has 1 aromatic rings. The number of nitro groups is 1. The largest absolute Gasteiger partial charge is 0.292 e. The molecular weight excluding hydrogens is 284 g/mol. The molecule has 0 amide bonds. The van der Waals surface area contributed by atoms with E-state index in [1.165, 1.54) is 6.07 Å². The van der Waals surface area contributed by atoms with E-state index in [0.717, 1.165) is 0 Å². The van der Waals surface area contributed by atoms with Crippen LogP contribution in [0.3, 0.4) is 0 Å². The fraction of sp³-hybridized carbons (Fsp3) is 0.375. The molecule has 2 unspecified atom stereocenters. The van der Waals surface area contributed by atoms with Gasteiger partial charge in [-0.25, -0.2) is 9.59 Å². The normalized spacial score (nSPS) is 25.5. The van der Waals surface area contributed by atoms with E-state index in [9.17, 15) is 19.7 Å². The first-order chi connectivity index (χ1) is 10.4. The van der Waals surface area contributed by atoms with E-state index < -0.39 is 10.8 Å². The molecule has 2 atom stereocenters. The van der Waals surface area contributed by atoms with E-state index in [1.807, 2.05) is 30.6 Å². The monoisotopic (exact) mass is 300 g/mol. The van der Waals surface area contributed by atoms with Gasteiger partial charge in [-0.3, -0.25) is 15.0 Å². The van der Waals surface area contributed by atoms with Crippen molar-refractivity contribution < 1.29 is 14.5 Å². The fourth-order valence-electron chi connectivity index (χ4n) is 2.95. The summed E-state index contributed by atoms with van der Waals surface area (Å²) < 4.78 is 0. The van der Waals surface area contributed by atoms with Crippen molar-refractivity contribution in [2.45, 2.75) is 31.8 Å². The van der Waals surface area contributed by atoms with Gasteiger partial charge in [-0.1, -0.05) is 18.2 Å². The van der Waals surface area contributed by atoms with Gasteiger partial charge in [0.05, 0.1) is 10.8 Å². The summed E-state index contributed by atoms with van der Waals surface area (Å²) in [6.45, 7) is 3.64. The molecule has 114 valence electrons. The number of nitrogens with zero attached hydrogens (tertiary/aromatic N) is 2. The van der Waals surface area contributed by atoms with Crippen LogP contribution >= 0.6 is 0 Å². The molecule has 1 aliphatic heterocycles. The molecule has 0 N–H and O–H groups in total. The van der Waals surface area contributed by atoms with Gasteiger partial charge in [0.2, 0.25) is 0 Å². The third-order valence-corrected chi connectivity index (χ3v) is 4.42. The van der Waals surface area contributed by atoms with Crippen LogP contribution in [-0.2, 0) is 9.59 Å². The molecular formula is C16H16N2O4. The summed E-state index contributed by atoms with van der Waals surface area (Å²) in [5.41, 5.74) is 0.842. The number of likely N-dealkylation sites (tertiary alicyclic amines) is 1. The van der Waals surface area contributed by atoms with Crippen molar-refractivity contribution in [3.8, 4) is 0 Å². The van der Waals surface area contributed by atoms with Gasteiger partial charge in [0.1, 0.15) is 11.9 Å². The Kier molecular flexibility index (Phi) is 4.38. The highest BCUT2D eigenvalue weighted by molar-refractivity contribution is 5.71. The first-order valence-corrected chi connectivity index (χ1v) is 6.89. The van der Waals surface area contributed by atoms with E-state index in [-0.39, 0.29) is 17.8 Å². The first kappa shape index (κ1) is 15.9. The van der Waals surface area contributed by atoms with Crippen molar-refractivity contribution >= 4 is 17.6 Å². The maximum Gasteiger partial charge on any atom is 0.273 e. The number of hydrogen-bond donors (Lipinski definition) is 0. The molecule has 1 aliphatic rings. The highest BCUT2D eigenvalue weighted by Gasteiger charge is 2.41. The molecule has 1 heterocycles. The Morgan fingerprint density at radius 3 is 2.05 bits per heavy atom. The van der Waals surface area contributed by atoms with Crippen LogP contribution in [0.4, 0.5) is 5.69 Å². The zero-order valence-corrected chi connectivity index (χ0v) is 12.6. The zero-order chi connectivity index (χ0) is 16.4. The number of likely N-dealkylation sites (N-methyl/N-ethyl adjacent to an activating group) is 1. The van der Waals surface area contributed by atoms with Gasteiger partial charge in [-0.2, -0.15) is 0 Å². The smallest absolute Gasteiger partial charge is 0.273 e. The average molecular weight is 300 g/mol. The van der Waals surface area contributed by atoms with E-state index in [2.05, 4.69) is 0 Å². The highest BCUT2D eigenvalue weighted by atomic mass is 16.6. The Labute approximate surface area is 127 Å². The Morgan fingerprint density at radius 1 is 1.09 bits per heavy atom. The van der Waals surface area contributed by atoms with Crippen molar-refractivity contribution in [2.24, 2.45) is 0 Å². The van der Waals surface area contributed by atoms with E-state index >= 15 is 0 Å². The molecule has 0 saturated carbocycles. The van der Waals surface area contributed by atoms with Crippen molar-refractivity contribution in [2.75, 3.05) is 7.05 Å². The first-order valence-electron chi connectivity index (χ1n) is 6.89. The Bertz CT molecular complexity index is 683. The van der Waals surface area contributed by atoms with Crippen LogP contribution in [0.15, 0.2) is 35.4 Å². The van der Waals surface area contributed by atoms with Crippen LogP contribution in [0.2, 0.25) is 0 Å². The van der Waals surface area contributed by atoms with E-state index in [1.54, 1.807) is 25.2 Å². The topological polar surface area (TPSA) is 80.5 Å². The zero-order valence-electron chi connectivity index (χ0n) is 12.6. The molecule has 22 heavy (non-hydrogen) atoms. The quantitative estimate of drug-likeness (QED) is 0.473. The molecule has 6 heteroatoms. The minimum Gasteiger partial charge on any atom is -0.292 e. The number of para-hydroxylation sites is 1. The summed E-state index contributed by atoms with van der Waals surface area (Å²) >= 11 is 0. The summed E-state index contributed by atoms with van der Waals surface area (Å²) in [5.74, 6) is 3.02. The lowest BCUT2D eigenvalue weighted by atomic mass is 9.75. The minimum absolute atomic E-state index is 0.114. The summed E-state index contributed by atoms with van der Waals surface area (Å²) in [6, 6.07) is 5.61. The second-order valence-corrected chi connectivity index (χ2v) is 5.38. The van der Waals surface area contributed by atoms with Crippen LogP contribution in [-0.4, -0.2) is 40.8 Å². The molecule has 0 spiro atoms. The summed E-state index contributed by atoms with van der Waals surface area (Å²) in [7, 11) is 1.79. The van der Waals surface area contributed by atoms with Crippen LogP contribution in [0, 0.1) is 10.1 Å². The molecule has 0 aliphatic carbocycles. The Hall–Kier alpha value is -2.52. The van der Waals surface area contributed by atoms with Crippen molar-refractivity contribution in [1.29, 1.82) is 0 Å². The van der Waals surface area contributed by atoms with Crippen LogP contribution in [0.1, 0.15) is 25.3 Å². The van der Waals surface area contributed by atoms with Crippen LogP contribution in [0.25, 0.3) is 0 Å². The molecule has 1 fully saturated rings. The molecule has 1 aromatic carbocycles. The number of hydrogen-bond acceptors (Lipinski definition) is 5. The van der Waals surface area contributed by atoms with Crippen molar-refractivity contribution in [1.82, 2.24) is 4.90 Å². The third-order valence-electron chi connectivity index (χ3n) is 4.42. The van der Waals surface area contributed by atoms with E-state index in [0.29, 0.717) is 16.7 Å². The average Bonchev–Trinajstić information content (AvgIpc) is 2.52. The van der Waals surface area contributed by atoms with E-state index in [4.69, 9.17) is 0 Å². The molecule has 6 nitrogen and oxygen atoms in total. The second kappa shape index (κ2) is 6.08. The number of piperidine rings is 1. The van der Waals surface area contributed by atoms with Gasteiger partial charge in [0.25, 0.3) is 5.69 Å². The van der Waals surface area contributed by atoms with Gasteiger partial charge < -0.3 is 0 Å². The molecule has 1 saturated heterocycles. The molecule has 0 bridgehead atoms. The standard InChI is InChI=1S/C16H16N2O4/c1-10-13(8-19)16(14(9-20)11(2)17(10)3)12-6-4-5-7-15(12)18(21)22/h4-7,10-11,16H,1-3H3. The van der Waals surface area contributed by atoms with Gasteiger partial charge in [-0.05, 0) is 20.9 Å². The van der Waals surface area contributed by atoms with Gasteiger partial charge in [-0.15, -0.1) is 0 Å². The Balaban J connectivity index is 2.72. The number of carbonyl (C=O) groups excluding carboxylic acids is 2. The molecule has 0 radical (unpaired) electrons. The lowest BCUT2D eigenvalue weighted by molar-refractivity contribution is -0.385. The van der Waals surface area contributed by atoms with Crippen LogP contribution in [0.5, 0.6) is 0 Å². The van der Waals surface area contributed by atoms with Gasteiger partial charge in [0.15, 0.2) is 0 Å². The molecule has 2 rings (SSSR count). The number of benzene rings is 1. The third kappa shape index (κ3) is 2.40. The van der Waals surface area contributed by atoms with Gasteiger partial charge >= 0.3 is 0 Å². The lowest BCUT2D eigenvalue weighted by Crippen LogP contribution is -2.47. The minimum atomic E-state index is -0.752. The predicted molar refractivity (Wildman–Crippen MR) is 80.9 cm³/mol. The summed E-state index contributed by atoms with van der Waals surface area (Å²) in [5, 5.41) is 11.3. The molecule has 0 aromatic heterocycles. The van der Waals surface area contributed by atoms with Gasteiger partial charge in [0, 0.05) is 34.9 Å². The Morgan fingerprint density at radius 2 is 1.59 bits per heavy atom. The number of rotatable bonds is 2. The summed E-state index contributed by atoms with van der Waals surface area (Å²) in [6.07, 6.45) is 0. The van der Waals surface area contributed by atoms with Crippen molar-refractivity contribution in [3.05, 3.63) is 51.1 Å². The highest BCUT2D eigenvalue weighted by Crippen LogP contribution is 2.43. The maximum atomic E-state index is 11.4. The number of nitro benzene ring substituents is 1.